The quantitative estimate of drug-likeness (QED) is 0.384. The zero-order valence-corrected chi connectivity index (χ0v) is 14.9. The maximum absolute atomic E-state index is 12.2. The number of benzene rings is 2. The van der Waals surface area contributed by atoms with E-state index >= 15 is 0 Å². The summed E-state index contributed by atoms with van der Waals surface area (Å²) in [6.45, 7) is 1.43. The number of rotatable bonds is 5. The Kier molecular flexibility index (Phi) is 4.83. The summed E-state index contributed by atoms with van der Waals surface area (Å²) in [5, 5.41) is 30.1. The van der Waals surface area contributed by atoms with Crippen LogP contribution >= 0.6 is 0 Å². The van der Waals surface area contributed by atoms with Crippen molar-refractivity contribution in [3.8, 4) is 5.75 Å². The number of aliphatic hydroxyl groups is 1. The van der Waals surface area contributed by atoms with Gasteiger partial charge in [-0.15, -0.1) is 10.2 Å². The van der Waals surface area contributed by atoms with Crippen molar-refractivity contribution in [1.82, 2.24) is 9.78 Å². The number of nitrogens with zero attached hydrogens (tertiary/aromatic N) is 3. The van der Waals surface area contributed by atoms with Crippen molar-refractivity contribution < 1.29 is 23.2 Å². The standard InChI is InChI=1S/C16H16N4O6S/c1-9-14(16(23)20(19-9)6-7-21)17-18-15-11-5-3-2-4-10(11)13(8-12(15)22)27(24,25)26/h2-5,8,19,21-22H,6-7H2,1H3,(H,24,25,26). The first kappa shape index (κ1) is 18.8. The average Bonchev–Trinajstić information content (AvgIpc) is 2.87. The van der Waals surface area contributed by atoms with Gasteiger partial charge >= 0.3 is 0 Å². The fourth-order valence-electron chi connectivity index (χ4n) is 2.70. The Morgan fingerprint density at radius 2 is 1.78 bits per heavy atom. The van der Waals surface area contributed by atoms with Gasteiger partial charge in [0, 0.05) is 16.8 Å². The third-order valence-corrected chi connectivity index (χ3v) is 4.81. The van der Waals surface area contributed by atoms with Crippen LogP contribution in [0.3, 0.4) is 0 Å². The number of phenols is 1. The fraction of sp³-hybridized carbons (Fsp3) is 0.188. The molecule has 0 saturated carbocycles. The predicted molar refractivity (Wildman–Crippen MR) is 96.5 cm³/mol. The van der Waals surface area contributed by atoms with Crippen LogP contribution in [0.1, 0.15) is 5.69 Å². The van der Waals surface area contributed by atoms with Crippen molar-refractivity contribution in [1.29, 1.82) is 0 Å². The van der Waals surface area contributed by atoms with Crippen molar-refractivity contribution in [3.63, 3.8) is 0 Å². The van der Waals surface area contributed by atoms with Gasteiger partial charge in [-0.1, -0.05) is 24.3 Å². The lowest BCUT2D eigenvalue weighted by molar-refractivity contribution is 0.267. The van der Waals surface area contributed by atoms with Crippen LogP contribution in [0.2, 0.25) is 0 Å². The Balaban J connectivity index is 2.19. The van der Waals surface area contributed by atoms with Gasteiger partial charge in [0.2, 0.25) is 0 Å². The second-order valence-corrected chi connectivity index (χ2v) is 7.12. The summed E-state index contributed by atoms with van der Waals surface area (Å²) in [5.74, 6) is -0.519. The monoisotopic (exact) mass is 392 g/mol. The van der Waals surface area contributed by atoms with E-state index in [1.807, 2.05) is 0 Å². The first-order valence-corrected chi connectivity index (χ1v) is 9.22. The molecule has 0 radical (unpaired) electrons. The van der Waals surface area contributed by atoms with E-state index in [-0.39, 0.29) is 35.3 Å². The maximum Gasteiger partial charge on any atom is 0.295 e. The molecule has 0 amide bonds. The van der Waals surface area contributed by atoms with Crippen LogP contribution in [0.25, 0.3) is 10.8 Å². The van der Waals surface area contributed by atoms with Crippen molar-refractivity contribution in [2.45, 2.75) is 18.4 Å². The largest absolute Gasteiger partial charge is 0.506 e. The lowest BCUT2D eigenvalue weighted by atomic mass is 10.1. The second kappa shape index (κ2) is 6.95. The van der Waals surface area contributed by atoms with Crippen LogP contribution in [0.4, 0.5) is 11.4 Å². The zero-order valence-electron chi connectivity index (χ0n) is 14.1. The molecule has 11 heteroatoms. The smallest absolute Gasteiger partial charge is 0.295 e. The minimum absolute atomic E-state index is 0.00853. The van der Waals surface area contributed by atoms with Crippen LogP contribution in [0, 0.1) is 6.92 Å². The van der Waals surface area contributed by atoms with Crippen molar-refractivity contribution >= 4 is 32.3 Å². The van der Waals surface area contributed by atoms with Gasteiger partial charge in [-0.3, -0.25) is 14.4 Å². The van der Waals surface area contributed by atoms with Crippen LogP contribution in [0.15, 0.2) is 50.3 Å². The van der Waals surface area contributed by atoms with Gasteiger partial charge in [0.05, 0.1) is 18.8 Å². The van der Waals surface area contributed by atoms with E-state index < -0.39 is 26.3 Å². The number of hydrogen-bond donors (Lipinski definition) is 4. The summed E-state index contributed by atoms with van der Waals surface area (Å²) in [5.41, 5.74) is -0.142. The van der Waals surface area contributed by atoms with E-state index in [4.69, 9.17) is 5.11 Å². The van der Waals surface area contributed by atoms with Gasteiger partial charge in [0.15, 0.2) is 5.69 Å². The third kappa shape index (κ3) is 3.47. The number of aryl methyl sites for hydroxylation is 1. The summed E-state index contributed by atoms with van der Waals surface area (Å²) < 4.78 is 33.7. The maximum atomic E-state index is 12.2. The highest BCUT2D eigenvalue weighted by atomic mass is 32.2. The molecule has 0 saturated heterocycles. The number of hydrogen-bond acceptors (Lipinski definition) is 7. The van der Waals surface area contributed by atoms with E-state index in [9.17, 15) is 22.9 Å². The Morgan fingerprint density at radius 3 is 2.41 bits per heavy atom. The van der Waals surface area contributed by atoms with Crippen LogP contribution < -0.4 is 5.56 Å². The predicted octanol–water partition coefficient (Wildman–Crippen LogP) is 2.00. The molecule has 3 aromatic rings. The summed E-state index contributed by atoms with van der Waals surface area (Å²) in [7, 11) is -4.57. The average molecular weight is 392 g/mol. The highest BCUT2D eigenvalue weighted by Crippen LogP contribution is 2.39. The first-order valence-electron chi connectivity index (χ1n) is 7.78. The van der Waals surface area contributed by atoms with Crippen LogP contribution in [0.5, 0.6) is 5.75 Å². The molecule has 0 bridgehead atoms. The number of phenolic OH excluding ortho intramolecular Hbond substituents is 1. The Bertz CT molecular complexity index is 1210. The highest BCUT2D eigenvalue weighted by Gasteiger charge is 2.19. The molecule has 4 N–H and O–H groups in total. The molecule has 1 aromatic heterocycles. The molecule has 0 aliphatic heterocycles. The van der Waals surface area contributed by atoms with E-state index in [0.29, 0.717) is 5.69 Å². The van der Waals surface area contributed by atoms with Gasteiger partial charge in [0.25, 0.3) is 15.7 Å². The van der Waals surface area contributed by atoms with Crippen molar-refractivity contribution in [2.24, 2.45) is 10.2 Å². The van der Waals surface area contributed by atoms with Gasteiger partial charge in [0.1, 0.15) is 16.3 Å². The third-order valence-electron chi connectivity index (χ3n) is 3.92. The molecule has 2 aromatic carbocycles. The van der Waals surface area contributed by atoms with Crippen LogP contribution in [-0.4, -0.2) is 39.6 Å². The molecule has 0 unspecified atom stereocenters. The fourth-order valence-corrected chi connectivity index (χ4v) is 3.42. The van der Waals surface area contributed by atoms with Crippen molar-refractivity contribution in [2.75, 3.05) is 6.61 Å². The molecule has 0 atom stereocenters. The highest BCUT2D eigenvalue weighted by molar-refractivity contribution is 7.86. The molecule has 3 rings (SSSR count). The van der Waals surface area contributed by atoms with E-state index in [2.05, 4.69) is 15.3 Å². The minimum atomic E-state index is -4.57. The molecular formula is C16H16N4O6S. The SMILES string of the molecule is Cc1[nH]n(CCO)c(=O)c1N=Nc1c(O)cc(S(=O)(=O)O)c2ccccc12. The van der Waals surface area contributed by atoms with Gasteiger partial charge in [-0.2, -0.15) is 8.42 Å². The molecule has 0 fully saturated rings. The number of H-pyrrole nitrogens is 1. The number of aromatic hydroxyl groups is 1. The summed E-state index contributed by atoms with van der Waals surface area (Å²) in [4.78, 5) is 11.8. The molecule has 0 aliphatic carbocycles. The minimum Gasteiger partial charge on any atom is -0.506 e. The molecule has 0 aliphatic rings. The Labute approximate surface area is 153 Å². The normalized spacial score (nSPS) is 12.3. The molecule has 0 spiro atoms. The second-order valence-electron chi connectivity index (χ2n) is 5.73. The number of aliphatic hydroxyl groups excluding tert-OH is 1. The molecule has 142 valence electrons. The Hall–Kier alpha value is -3.02. The topological polar surface area (TPSA) is 157 Å². The number of fused-ring (bicyclic) bond motifs is 1. The summed E-state index contributed by atoms with van der Waals surface area (Å²) in [6.07, 6.45) is 0. The van der Waals surface area contributed by atoms with E-state index in [1.165, 1.54) is 16.8 Å². The van der Waals surface area contributed by atoms with Crippen molar-refractivity contribution in [3.05, 3.63) is 46.4 Å². The van der Waals surface area contributed by atoms with Crippen LogP contribution in [-0.2, 0) is 16.7 Å². The number of aromatic nitrogens is 2. The molecule has 1 heterocycles. The Morgan fingerprint density at radius 1 is 1.15 bits per heavy atom. The van der Waals surface area contributed by atoms with Gasteiger partial charge in [-0.05, 0) is 6.92 Å². The molecule has 10 nitrogen and oxygen atoms in total. The lowest BCUT2D eigenvalue weighted by Crippen LogP contribution is -2.18. The lowest BCUT2D eigenvalue weighted by Gasteiger charge is -2.08. The van der Waals surface area contributed by atoms with E-state index in [1.54, 1.807) is 19.1 Å². The number of azo groups is 1. The van der Waals surface area contributed by atoms with E-state index in [0.717, 1.165) is 6.07 Å². The zero-order chi connectivity index (χ0) is 19.8. The molecular weight excluding hydrogens is 376 g/mol. The molecule has 27 heavy (non-hydrogen) atoms. The first-order chi connectivity index (χ1) is 12.7. The number of aromatic amines is 1. The summed E-state index contributed by atoms with van der Waals surface area (Å²) in [6, 6.07) is 7.00. The number of nitrogens with one attached hydrogen (secondary N) is 1. The summed E-state index contributed by atoms with van der Waals surface area (Å²) >= 11 is 0. The van der Waals surface area contributed by atoms with Gasteiger partial charge < -0.3 is 10.2 Å². The van der Waals surface area contributed by atoms with Gasteiger partial charge in [-0.25, -0.2) is 4.68 Å².